The number of aromatic nitrogens is 3. The van der Waals surface area contributed by atoms with Gasteiger partial charge in [0.2, 0.25) is 17.8 Å². The van der Waals surface area contributed by atoms with Crippen molar-refractivity contribution in [2.45, 2.75) is 6.92 Å². The van der Waals surface area contributed by atoms with Gasteiger partial charge in [0, 0.05) is 17.1 Å². The lowest BCUT2D eigenvalue weighted by Gasteiger charge is -2.11. The van der Waals surface area contributed by atoms with Crippen LogP contribution in [0.3, 0.4) is 0 Å². The van der Waals surface area contributed by atoms with Crippen molar-refractivity contribution in [1.29, 1.82) is 0 Å². The molecule has 1 aromatic heterocycles. The van der Waals surface area contributed by atoms with Gasteiger partial charge >= 0.3 is 0 Å². The van der Waals surface area contributed by atoms with Gasteiger partial charge in [0.25, 0.3) is 0 Å². The van der Waals surface area contributed by atoms with Crippen molar-refractivity contribution in [3.8, 4) is 0 Å². The maximum atomic E-state index is 4.51. The molecular weight excluding hydrogens is 348 g/mol. The molecule has 0 bridgehead atoms. The Balaban J connectivity index is 1.65. The van der Waals surface area contributed by atoms with Crippen molar-refractivity contribution in [1.82, 2.24) is 15.0 Å². The third-order valence-corrected chi connectivity index (χ3v) is 3.97. The number of aryl methyl sites for hydroxylation is 1. The second kappa shape index (κ2) is 8.18. The van der Waals surface area contributed by atoms with E-state index in [2.05, 4.69) is 30.9 Å². The van der Waals surface area contributed by atoms with Crippen molar-refractivity contribution < 1.29 is 0 Å². The molecule has 1 heterocycles. The second-order valence-corrected chi connectivity index (χ2v) is 6.28. The van der Waals surface area contributed by atoms with Gasteiger partial charge in [-0.15, -0.1) is 0 Å². The van der Waals surface area contributed by atoms with Crippen LogP contribution in [-0.4, -0.2) is 15.0 Å². The fraction of sp³-hybridized carbons (Fsp3) is 0.0455. The van der Waals surface area contributed by atoms with Crippen LogP contribution in [0.2, 0.25) is 0 Å². The van der Waals surface area contributed by atoms with Gasteiger partial charge in [0.05, 0.1) is 0 Å². The Bertz CT molecular complexity index is 991. The molecule has 0 spiro atoms. The molecule has 0 fully saturated rings. The Morgan fingerprint density at radius 3 is 1.39 bits per heavy atom. The lowest BCUT2D eigenvalue weighted by molar-refractivity contribution is 1.06. The standard InChI is InChI=1S/C22H20N6/c1-16-9-8-14-19(15-16)25-22-27-20(23-17-10-4-2-5-11-17)26-21(28-22)24-18-12-6-3-7-13-18/h2-15H,1H3,(H3,23,24,25,26,27,28). The smallest absolute Gasteiger partial charge is 0.233 e. The molecule has 3 aromatic carbocycles. The lowest BCUT2D eigenvalue weighted by atomic mass is 10.2. The highest BCUT2D eigenvalue weighted by Crippen LogP contribution is 2.21. The molecule has 138 valence electrons. The highest BCUT2D eigenvalue weighted by molar-refractivity contribution is 5.62. The van der Waals surface area contributed by atoms with Crippen LogP contribution in [0.5, 0.6) is 0 Å². The highest BCUT2D eigenvalue weighted by Gasteiger charge is 2.08. The van der Waals surface area contributed by atoms with Crippen LogP contribution < -0.4 is 16.0 Å². The van der Waals surface area contributed by atoms with E-state index in [0.717, 1.165) is 22.6 Å². The first-order valence-electron chi connectivity index (χ1n) is 8.98. The van der Waals surface area contributed by atoms with Crippen LogP contribution in [0, 0.1) is 6.92 Å². The van der Waals surface area contributed by atoms with Crippen molar-refractivity contribution >= 4 is 34.9 Å². The average molecular weight is 368 g/mol. The SMILES string of the molecule is Cc1cccc(Nc2nc(Nc3ccccc3)nc(Nc3ccccc3)n2)c1. The van der Waals surface area contributed by atoms with Crippen LogP contribution in [0.25, 0.3) is 0 Å². The zero-order valence-electron chi connectivity index (χ0n) is 15.4. The number of nitrogens with one attached hydrogen (secondary N) is 3. The Morgan fingerprint density at radius 1 is 0.500 bits per heavy atom. The largest absolute Gasteiger partial charge is 0.324 e. The summed E-state index contributed by atoms with van der Waals surface area (Å²) in [6, 6.07) is 27.6. The second-order valence-electron chi connectivity index (χ2n) is 6.28. The van der Waals surface area contributed by atoms with Gasteiger partial charge in [-0.2, -0.15) is 15.0 Å². The zero-order valence-corrected chi connectivity index (χ0v) is 15.4. The summed E-state index contributed by atoms with van der Waals surface area (Å²) in [5.74, 6) is 1.36. The summed E-state index contributed by atoms with van der Waals surface area (Å²) in [4.78, 5) is 13.5. The van der Waals surface area contributed by atoms with E-state index < -0.39 is 0 Å². The molecule has 4 rings (SSSR count). The summed E-state index contributed by atoms with van der Waals surface area (Å²) < 4.78 is 0. The molecule has 0 atom stereocenters. The van der Waals surface area contributed by atoms with Crippen LogP contribution in [0.4, 0.5) is 34.9 Å². The van der Waals surface area contributed by atoms with E-state index in [9.17, 15) is 0 Å². The molecule has 0 saturated carbocycles. The van der Waals surface area contributed by atoms with Crippen LogP contribution in [0.15, 0.2) is 84.9 Å². The summed E-state index contributed by atoms with van der Waals surface area (Å²) >= 11 is 0. The van der Waals surface area contributed by atoms with Gasteiger partial charge in [0.1, 0.15) is 0 Å². The van der Waals surface area contributed by atoms with Gasteiger partial charge in [-0.05, 0) is 48.9 Å². The Morgan fingerprint density at radius 2 is 0.929 bits per heavy atom. The third-order valence-electron chi connectivity index (χ3n) is 3.97. The van der Waals surface area contributed by atoms with Gasteiger partial charge in [-0.25, -0.2) is 0 Å². The van der Waals surface area contributed by atoms with Crippen LogP contribution in [-0.2, 0) is 0 Å². The summed E-state index contributed by atoms with van der Waals surface area (Å²) in [5.41, 5.74) is 3.88. The van der Waals surface area contributed by atoms with Gasteiger partial charge in [0.15, 0.2) is 0 Å². The van der Waals surface area contributed by atoms with Gasteiger partial charge in [-0.1, -0.05) is 48.5 Å². The first-order valence-corrected chi connectivity index (χ1v) is 8.98. The Kier molecular flexibility index (Phi) is 5.11. The van der Waals surface area contributed by atoms with Crippen molar-refractivity contribution in [2.24, 2.45) is 0 Å². The minimum absolute atomic E-state index is 0.454. The topological polar surface area (TPSA) is 74.8 Å². The van der Waals surface area contributed by atoms with E-state index >= 15 is 0 Å². The molecule has 0 aliphatic heterocycles. The molecule has 0 amide bonds. The molecule has 0 aliphatic rings. The monoisotopic (exact) mass is 368 g/mol. The summed E-state index contributed by atoms with van der Waals surface area (Å²) in [6.45, 7) is 2.05. The molecule has 0 aliphatic carbocycles. The minimum Gasteiger partial charge on any atom is -0.324 e. The summed E-state index contributed by atoms with van der Waals surface area (Å²) in [7, 11) is 0. The number of hydrogen-bond donors (Lipinski definition) is 3. The zero-order chi connectivity index (χ0) is 19.2. The number of rotatable bonds is 6. The van der Waals surface area contributed by atoms with Crippen molar-refractivity contribution in [3.05, 3.63) is 90.5 Å². The maximum Gasteiger partial charge on any atom is 0.233 e. The summed E-state index contributed by atoms with van der Waals surface area (Å²) in [6.07, 6.45) is 0. The van der Waals surface area contributed by atoms with Crippen molar-refractivity contribution in [2.75, 3.05) is 16.0 Å². The molecule has 0 saturated heterocycles. The van der Waals surface area contributed by atoms with Crippen LogP contribution in [0.1, 0.15) is 5.56 Å². The van der Waals surface area contributed by atoms with E-state index in [1.807, 2.05) is 91.9 Å². The summed E-state index contributed by atoms with van der Waals surface area (Å²) in [5, 5.41) is 9.71. The molecule has 3 N–H and O–H groups in total. The minimum atomic E-state index is 0.454. The molecule has 6 heteroatoms. The van der Waals surface area contributed by atoms with E-state index in [-0.39, 0.29) is 0 Å². The van der Waals surface area contributed by atoms with Crippen molar-refractivity contribution in [3.63, 3.8) is 0 Å². The number of benzene rings is 3. The first-order chi connectivity index (χ1) is 13.7. The highest BCUT2D eigenvalue weighted by atomic mass is 15.3. The molecule has 6 nitrogen and oxygen atoms in total. The number of para-hydroxylation sites is 2. The van der Waals surface area contributed by atoms with E-state index in [1.165, 1.54) is 0 Å². The predicted molar refractivity (Wildman–Crippen MR) is 114 cm³/mol. The third kappa shape index (κ3) is 4.62. The fourth-order valence-electron chi connectivity index (χ4n) is 2.70. The molecule has 0 unspecified atom stereocenters. The molecule has 0 radical (unpaired) electrons. The van der Waals surface area contributed by atoms with Crippen LogP contribution >= 0.6 is 0 Å². The lowest BCUT2D eigenvalue weighted by Crippen LogP contribution is -2.07. The molecular formula is C22H20N6. The number of nitrogens with zero attached hydrogens (tertiary/aromatic N) is 3. The van der Waals surface area contributed by atoms with E-state index in [4.69, 9.17) is 0 Å². The van der Waals surface area contributed by atoms with Gasteiger partial charge in [-0.3, -0.25) is 0 Å². The van der Waals surface area contributed by atoms with Gasteiger partial charge < -0.3 is 16.0 Å². The Labute approximate surface area is 163 Å². The molecule has 28 heavy (non-hydrogen) atoms. The first kappa shape index (κ1) is 17.5. The molecule has 4 aromatic rings. The predicted octanol–water partition coefficient (Wildman–Crippen LogP) is 5.41. The number of hydrogen-bond acceptors (Lipinski definition) is 6. The van der Waals surface area contributed by atoms with E-state index in [0.29, 0.717) is 17.8 Å². The Hall–Kier alpha value is -3.93. The number of anilines is 6. The maximum absolute atomic E-state index is 4.51. The average Bonchev–Trinajstić information content (AvgIpc) is 2.69. The van der Waals surface area contributed by atoms with E-state index in [1.54, 1.807) is 0 Å². The fourth-order valence-corrected chi connectivity index (χ4v) is 2.70. The quantitative estimate of drug-likeness (QED) is 0.422. The normalized spacial score (nSPS) is 10.3.